The van der Waals surface area contributed by atoms with Crippen LogP contribution in [0.4, 0.5) is 0 Å². The number of unbranched alkanes of at least 4 members (excludes halogenated alkanes) is 2. The molecular weight excluding hydrogens is 963 g/mol. The molecule has 12 unspecified atom stereocenters. The molecule has 0 aliphatic carbocycles. The molecule has 75 heavy (non-hydrogen) atoms. The van der Waals surface area contributed by atoms with Gasteiger partial charge in [0, 0.05) is 34.2 Å². The van der Waals surface area contributed by atoms with E-state index in [0.717, 1.165) is 50.6 Å². The van der Waals surface area contributed by atoms with Crippen molar-refractivity contribution in [3.63, 3.8) is 0 Å². The van der Waals surface area contributed by atoms with Crippen molar-refractivity contribution >= 4 is 47.3 Å². The molecule has 20 nitrogen and oxygen atoms in total. The molecule has 12 atom stereocenters. The molecule has 1 aromatic rings. The maximum Gasteiger partial charge on any atom is 0.328 e. The number of nitrogens with two attached hydrogens (primary N) is 1. The number of methoxy groups -OCH3 is 3. The second-order valence-electron chi connectivity index (χ2n) is 21.0. The van der Waals surface area contributed by atoms with Crippen LogP contribution in [0.3, 0.4) is 0 Å². The van der Waals surface area contributed by atoms with Gasteiger partial charge in [-0.25, -0.2) is 4.79 Å². The van der Waals surface area contributed by atoms with Crippen molar-refractivity contribution in [3.05, 3.63) is 35.9 Å². The van der Waals surface area contributed by atoms with Crippen LogP contribution in [-0.2, 0) is 59.0 Å². The van der Waals surface area contributed by atoms with E-state index in [2.05, 4.69) is 37.2 Å². The van der Waals surface area contributed by atoms with Crippen LogP contribution in [0.1, 0.15) is 144 Å². The molecule has 1 fully saturated rings. The molecule has 20 heteroatoms. The predicted molar refractivity (Wildman–Crippen MR) is 288 cm³/mol. The van der Waals surface area contributed by atoms with E-state index in [1.54, 1.807) is 27.9 Å². The van der Waals surface area contributed by atoms with Gasteiger partial charge in [0.05, 0.1) is 44.4 Å². The highest BCUT2D eigenvalue weighted by Gasteiger charge is 2.38. The van der Waals surface area contributed by atoms with Gasteiger partial charge >= 0.3 is 5.97 Å². The first-order valence-electron chi connectivity index (χ1n) is 27.3. The summed E-state index contributed by atoms with van der Waals surface area (Å²) in [6.45, 7) is 15.8. The summed E-state index contributed by atoms with van der Waals surface area (Å²) in [5, 5.41) is 20.4. The number of benzene rings is 1. The molecule has 0 saturated carbocycles. The topological polar surface area (TPSA) is 278 Å². The summed E-state index contributed by atoms with van der Waals surface area (Å²) >= 11 is 0. The van der Waals surface area contributed by atoms with Gasteiger partial charge in [0.25, 0.3) is 0 Å². The SMILES string of the molecule is CCC(C)C(NC(=O)C(NC(=O)CC(CC(C)CC(CC(=O)NCCCCCC(N)C(=O)NC1CCCCN1)OC)OC)C(C)C)C(=O)NC(C)C(=O)NC(Cc1ccccc1)C(=O)N(C)C(C(=O)OC)C(C)CC. The van der Waals surface area contributed by atoms with Gasteiger partial charge < -0.3 is 56.7 Å². The molecule has 0 bridgehead atoms. The summed E-state index contributed by atoms with van der Waals surface area (Å²) in [4.78, 5) is 109. The number of piperidine rings is 1. The summed E-state index contributed by atoms with van der Waals surface area (Å²) in [5.74, 6) is -4.61. The Morgan fingerprint density at radius 2 is 1.33 bits per heavy atom. The largest absolute Gasteiger partial charge is 0.467 e. The van der Waals surface area contributed by atoms with Gasteiger partial charge in [0.1, 0.15) is 30.2 Å². The lowest BCUT2D eigenvalue weighted by Gasteiger charge is -2.33. The fourth-order valence-corrected chi connectivity index (χ4v) is 9.21. The second-order valence-corrected chi connectivity index (χ2v) is 21.0. The fraction of sp³-hybridized carbons (Fsp3) is 0.745. The van der Waals surface area contributed by atoms with Crippen molar-refractivity contribution < 1.29 is 52.6 Å². The van der Waals surface area contributed by atoms with E-state index in [4.69, 9.17) is 19.9 Å². The minimum absolute atomic E-state index is 0.00406. The maximum absolute atomic E-state index is 14.1. The Morgan fingerprint density at radius 1 is 0.720 bits per heavy atom. The average Bonchev–Trinajstić information content (AvgIpc) is 3.39. The third-order valence-corrected chi connectivity index (χ3v) is 14.4. The number of rotatable bonds is 35. The average molecular weight is 1060 g/mol. The normalized spacial score (nSPS) is 18.0. The number of carbonyl (C=O) groups is 8. The van der Waals surface area contributed by atoms with Gasteiger partial charge in [-0.2, -0.15) is 0 Å². The molecule has 9 N–H and O–H groups in total. The highest BCUT2D eigenvalue weighted by atomic mass is 16.5. The Bertz CT molecular complexity index is 1920. The predicted octanol–water partition coefficient (Wildman–Crippen LogP) is 3.38. The van der Waals surface area contributed by atoms with E-state index in [1.165, 1.54) is 33.1 Å². The first-order valence-corrected chi connectivity index (χ1v) is 27.3. The van der Waals surface area contributed by atoms with E-state index in [1.807, 2.05) is 58.0 Å². The van der Waals surface area contributed by atoms with Gasteiger partial charge in [-0.3, -0.25) is 38.9 Å². The zero-order chi connectivity index (χ0) is 56.2. The molecular formula is C55H95N9O11. The number of likely N-dealkylation sites (N-methyl/N-ethyl adjacent to an activating group) is 1. The van der Waals surface area contributed by atoms with Crippen molar-refractivity contribution in [2.75, 3.05) is 41.5 Å². The Morgan fingerprint density at radius 3 is 1.89 bits per heavy atom. The number of carbonyl (C=O) groups excluding carboxylic acids is 8. The zero-order valence-electron chi connectivity index (χ0n) is 47.2. The van der Waals surface area contributed by atoms with E-state index in [9.17, 15) is 38.4 Å². The van der Waals surface area contributed by atoms with Crippen LogP contribution in [0.15, 0.2) is 30.3 Å². The Hall–Kier alpha value is -5.18. The van der Waals surface area contributed by atoms with Crippen LogP contribution < -0.4 is 43.0 Å². The summed E-state index contributed by atoms with van der Waals surface area (Å²) in [7, 11) is 5.84. The van der Waals surface area contributed by atoms with E-state index >= 15 is 0 Å². The highest BCUT2D eigenvalue weighted by molar-refractivity contribution is 5.96. The number of ether oxygens (including phenoxy) is 3. The molecule has 1 saturated heterocycles. The molecule has 426 valence electrons. The van der Waals surface area contributed by atoms with Crippen molar-refractivity contribution in [1.29, 1.82) is 0 Å². The van der Waals surface area contributed by atoms with Gasteiger partial charge in [0.2, 0.25) is 41.4 Å². The smallest absolute Gasteiger partial charge is 0.328 e. The minimum atomic E-state index is -1.14. The summed E-state index contributed by atoms with van der Waals surface area (Å²) in [5.41, 5.74) is 6.88. The lowest BCUT2D eigenvalue weighted by Crippen LogP contribution is -2.60. The van der Waals surface area contributed by atoms with Crippen molar-refractivity contribution in [3.8, 4) is 0 Å². The summed E-state index contributed by atoms with van der Waals surface area (Å²) in [6.07, 6.45) is 7.47. The summed E-state index contributed by atoms with van der Waals surface area (Å²) in [6, 6.07) is 3.31. The Labute approximate surface area is 447 Å². The molecule has 0 aromatic heterocycles. The van der Waals surface area contributed by atoms with Crippen molar-refractivity contribution in [1.82, 2.24) is 42.1 Å². The second kappa shape index (κ2) is 35.2. The van der Waals surface area contributed by atoms with Crippen LogP contribution in [0.2, 0.25) is 0 Å². The summed E-state index contributed by atoms with van der Waals surface area (Å²) < 4.78 is 16.4. The molecule has 0 radical (unpaired) electrons. The Balaban J connectivity index is 1.97. The van der Waals surface area contributed by atoms with Crippen molar-refractivity contribution in [2.24, 2.45) is 29.4 Å². The van der Waals surface area contributed by atoms with Gasteiger partial charge in [0.15, 0.2) is 0 Å². The van der Waals surface area contributed by atoms with Gasteiger partial charge in [-0.15, -0.1) is 0 Å². The first kappa shape index (κ1) is 65.9. The van der Waals surface area contributed by atoms with Gasteiger partial charge in [-0.05, 0) is 87.6 Å². The third kappa shape index (κ3) is 23.7. The monoisotopic (exact) mass is 1060 g/mol. The number of amides is 7. The van der Waals surface area contributed by atoms with Gasteiger partial charge in [-0.1, -0.05) is 104 Å². The van der Waals surface area contributed by atoms with Crippen LogP contribution >= 0.6 is 0 Å². The number of hydrogen-bond donors (Lipinski definition) is 8. The van der Waals surface area contributed by atoms with Crippen LogP contribution in [0.5, 0.6) is 0 Å². The standard InChI is InChI=1S/C55H95N9O11/c1-13-36(6)48(53(70)59-38(8)50(67)60-43(31-39-23-17-15-18-24-39)54(71)64(9)49(37(7)14-2)55(72)75-12)63-52(69)47(34(3)4)62-46(66)33-41(74-11)30-35(5)29-40(73-10)32-45(65)58-28-21-16-19-25-42(56)51(68)61-44-26-20-22-27-57-44/h15,17-18,23-24,34-38,40-44,47-49,57H,13-14,16,19-22,25-33,56H2,1-12H3,(H,58,65)(H,59,70)(H,60,67)(H,61,68)(H,62,66)(H,63,69). The van der Waals surface area contributed by atoms with E-state index in [0.29, 0.717) is 38.6 Å². The zero-order valence-corrected chi connectivity index (χ0v) is 47.2. The fourth-order valence-electron chi connectivity index (χ4n) is 9.21. The van der Waals surface area contributed by atoms with Crippen LogP contribution in [0, 0.1) is 23.7 Å². The highest BCUT2D eigenvalue weighted by Crippen LogP contribution is 2.21. The molecule has 1 aromatic carbocycles. The lowest BCUT2D eigenvalue weighted by molar-refractivity contribution is -0.155. The van der Waals surface area contributed by atoms with Crippen molar-refractivity contribution in [2.45, 2.75) is 200 Å². The molecule has 0 spiro atoms. The molecule has 2 rings (SSSR count). The quantitative estimate of drug-likeness (QED) is 0.0358. The number of esters is 1. The molecule has 1 aliphatic rings. The third-order valence-electron chi connectivity index (χ3n) is 14.4. The molecule has 7 amide bonds. The van der Waals surface area contributed by atoms with E-state index in [-0.39, 0.29) is 67.0 Å². The first-order chi connectivity index (χ1) is 35.6. The van der Waals surface area contributed by atoms with Crippen LogP contribution in [-0.4, -0.2) is 148 Å². The number of hydrogen-bond acceptors (Lipinski definition) is 13. The number of nitrogens with one attached hydrogen (secondary N) is 7. The van der Waals surface area contributed by atoms with Crippen LogP contribution in [0.25, 0.3) is 0 Å². The lowest BCUT2D eigenvalue weighted by atomic mass is 9.93. The maximum atomic E-state index is 14.1. The molecule has 1 heterocycles. The minimum Gasteiger partial charge on any atom is -0.467 e. The molecule has 1 aliphatic heterocycles. The Kier molecular flexibility index (Phi) is 31.0. The number of nitrogens with zero attached hydrogens (tertiary/aromatic N) is 1. The van der Waals surface area contributed by atoms with E-state index < -0.39 is 77.9 Å².